The highest BCUT2D eigenvalue weighted by Crippen LogP contribution is 2.21. The van der Waals surface area contributed by atoms with Gasteiger partial charge in [0.25, 0.3) is 0 Å². The molecule has 17 heavy (non-hydrogen) atoms. The van der Waals surface area contributed by atoms with E-state index in [1.54, 1.807) is 0 Å². The molecule has 0 fully saturated rings. The molecule has 0 spiro atoms. The lowest BCUT2D eigenvalue weighted by atomic mass is 9.90. The third kappa shape index (κ3) is 7.01. The van der Waals surface area contributed by atoms with E-state index in [2.05, 4.69) is 25.7 Å². The second kappa shape index (κ2) is 6.71. The maximum atomic E-state index is 11.2. The van der Waals surface area contributed by atoms with Gasteiger partial charge in [-0.25, -0.2) is 8.42 Å². The third-order valence-corrected chi connectivity index (χ3v) is 4.34. The van der Waals surface area contributed by atoms with Crippen LogP contribution >= 0.6 is 0 Å². The first-order valence-electron chi connectivity index (χ1n) is 6.20. The van der Waals surface area contributed by atoms with Gasteiger partial charge in [0.05, 0.1) is 5.75 Å². The van der Waals surface area contributed by atoms with Crippen LogP contribution in [0.25, 0.3) is 0 Å². The lowest BCUT2D eigenvalue weighted by Gasteiger charge is -2.38. The van der Waals surface area contributed by atoms with Crippen LogP contribution in [0.2, 0.25) is 0 Å². The van der Waals surface area contributed by atoms with Gasteiger partial charge in [-0.2, -0.15) is 0 Å². The van der Waals surface area contributed by atoms with Crippen molar-refractivity contribution in [2.75, 3.05) is 32.1 Å². The van der Waals surface area contributed by atoms with Crippen LogP contribution < -0.4 is 5.73 Å². The summed E-state index contributed by atoms with van der Waals surface area (Å²) in [5.74, 6) is 0.838. The molecule has 0 radical (unpaired) electrons. The second-order valence-corrected chi connectivity index (χ2v) is 7.94. The molecule has 0 aromatic heterocycles. The predicted molar refractivity (Wildman–Crippen MR) is 73.9 cm³/mol. The van der Waals surface area contributed by atoms with E-state index in [1.807, 2.05) is 7.05 Å². The molecule has 5 heteroatoms. The molecular formula is C12H28N2O2S. The van der Waals surface area contributed by atoms with Crippen molar-refractivity contribution in [3.63, 3.8) is 0 Å². The Balaban J connectivity index is 4.41. The normalized spacial score (nSPS) is 16.5. The molecular weight excluding hydrogens is 236 g/mol. The number of nitrogens with two attached hydrogens (primary N) is 1. The Labute approximate surface area is 106 Å². The summed E-state index contributed by atoms with van der Waals surface area (Å²) in [5.41, 5.74) is 5.74. The molecule has 4 nitrogen and oxygen atoms in total. The van der Waals surface area contributed by atoms with Crippen molar-refractivity contribution in [1.29, 1.82) is 0 Å². The zero-order chi connectivity index (χ0) is 13.7. The van der Waals surface area contributed by atoms with Crippen LogP contribution in [-0.2, 0) is 9.84 Å². The van der Waals surface area contributed by atoms with Crippen LogP contribution in [0.15, 0.2) is 0 Å². The van der Waals surface area contributed by atoms with E-state index in [0.29, 0.717) is 19.0 Å². The van der Waals surface area contributed by atoms with Crippen molar-refractivity contribution < 1.29 is 8.42 Å². The summed E-state index contributed by atoms with van der Waals surface area (Å²) >= 11 is 0. The Morgan fingerprint density at radius 3 is 2.24 bits per heavy atom. The van der Waals surface area contributed by atoms with Crippen LogP contribution in [0.1, 0.15) is 33.6 Å². The van der Waals surface area contributed by atoms with E-state index >= 15 is 0 Å². The minimum Gasteiger partial charge on any atom is -0.329 e. The molecule has 0 amide bonds. The van der Waals surface area contributed by atoms with Crippen molar-refractivity contribution in [3.05, 3.63) is 0 Å². The Hall–Kier alpha value is -0.130. The van der Waals surface area contributed by atoms with E-state index < -0.39 is 9.84 Å². The highest BCUT2D eigenvalue weighted by Gasteiger charge is 2.27. The van der Waals surface area contributed by atoms with Crippen molar-refractivity contribution in [2.24, 2.45) is 11.7 Å². The topological polar surface area (TPSA) is 63.4 Å². The number of rotatable bonds is 8. The van der Waals surface area contributed by atoms with E-state index in [-0.39, 0.29) is 11.3 Å². The Morgan fingerprint density at radius 1 is 1.35 bits per heavy atom. The number of hydrogen-bond acceptors (Lipinski definition) is 4. The largest absolute Gasteiger partial charge is 0.329 e. The minimum atomic E-state index is -2.90. The molecule has 2 N–H and O–H groups in total. The summed E-state index contributed by atoms with van der Waals surface area (Å²) < 4.78 is 22.3. The standard InChI is InChI=1S/C12H28N2O2S/c1-11(2)6-7-12(3,10-13)14(4)8-9-17(5,15)16/h11H,6-10,13H2,1-5H3. The summed E-state index contributed by atoms with van der Waals surface area (Å²) in [5, 5.41) is 0. The maximum absolute atomic E-state index is 11.2. The summed E-state index contributed by atoms with van der Waals surface area (Å²) in [4.78, 5) is 2.08. The zero-order valence-corrected chi connectivity index (χ0v) is 12.7. The van der Waals surface area contributed by atoms with Crippen LogP contribution in [0.4, 0.5) is 0 Å². The van der Waals surface area contributed by atoms with Gasteiger partial charge in [-0.05, 0) is 32.7 Å². The molecule has 0 aliphatic rings. The predicted octanol–water partition coefficient (Wildman–Crippen LogP) is 1.12. The lowest BCUT2D eigenvalue weighted by molar-refractivity contribution is 0.134. The second-order valence-electron chi connectivity index (χ2n) is 5.69. The molecule has 0 aromatic carbocycles. The highest BCUT2D eigenvalue weighted by atomic mass is 32.2. The number of hydrogen-bond donors (Lipinski definition) is 1. The quantitative estimate of drug-likeness (QED) is 0.713. The van der Waals surface area contributed by atoms with Gasteiger partial charge in [0.1, 0.15) is 9.84 Å². The Morgan fingerprint density at radius 2 is 1.88 bits per heavy atom. The van der Waals surface area contributed by atoms with Gasteiger partial charge in [0.15, 0.2) is 0 Å². The summed E-state index contributed by atoms with van der Waals surface area (Å²) in [6.07, 6.45) is 3.38. The molecule has 1 atom stereocenters. The van der Waals surface area contributed by atoms with Crippen LogP contribution in [-0.4, -0.2) is 51.0 Å². The fraction of sp³-hybridized carbons (Fsp3) is 1.00. The van der Waals surface area contributed by atoms with Crippen molar-refractivity contribution in [3.8, 4) is 0 Å². The van der Waals surface area contributed by atoms with Crippen LogP contribution in [0.3, 0.4) is 0 Å². The lowest BCUT2D eigenvalue weighted by Crippen LogP contribution is -2.51. The molecule has 1 unspecified atom stereocenters. The molecule has 0 heterocycles. The number of sulfone groups is 1. The highest BCUT2D eigenvalue weighted by molar-refractivity contribution is 7.90. The SMILES string of the molecule is CC(C)CCC(C)(CN)N(C)CCS(C)(=O)=O. The summed E-state index contributed by atoms with van der Waals surface area (Å²) in [6.45, 7) is 7.59. The smallest absolute Gasteiger partial charge is 0.148 e. The molecule has 0 aromatic rings. The average molecular weight is 264 g/mol. The summed E-state index contributed by atoms with van der Waals surface area (Å²) in [6, 6.07) is 0. The van der Waals surface area contributed by atoms with E-state index in [0.717, 1.165) is 12.8 Å². The molecule has 0 bridgehead atoms. The number of nitrogens with zero attached hydrogens (tertiary/aromatic N) is 1. The monoisotopic (exact) mass is 264 g/mol. The first kappa shape index (κ1) is 16.9. The van der Waals surface area contributed by atoms with Gasteiger partial charge in [-0.15, -0.1) is 0 Å². The minimum absolute atomic E-state index is 0.102. The fourth-order valence-corrected chi connectivity index (χ4v) is 2.23. The number of likely N-dealkylation sites (N-methyl/N-ethyl adjacent to an activating group) is 1. The molecule has 0 rings (SSSR count). The Bertz CT molecular complexity index is 314. The molecule has 0 aliphatic heterocycles. The van der Waals surface area contributed by atoms with E-state index in [1.165, 1.54) is 6.26 Å². The first-order valence-corrected chi connectivity index (χ1v) is 8.26. The molecule has 0 saturated carbocycles. The van der Waals surface area contributed by atoms with Crippen LogP contribution in [0.5, 0.6) is 0 Å². The van der Waals surface area contributed by atoms with Gasteiger partial charge in [-0.1, -0.05) is 13.8 Å². The van der Waals surface area contributed by atoms with Gasteiger partial charge in [0.2, 0.25) is 0 Å². The van der Waals surface area contributed by atoms with Gasteiger partial charge >= 0.3 is 0 Å². The van der Waals surface area contributed by atoms with Gasteiger partial charge < -0.3 is 5.73 Å². The van der Waals surface area contributed by atoms with Crippen molar-refractivity contribution in [2.45, 2.75) is 39.2 Å². The Kier molecular flexibility index (Phi) is 6.66. The first-order chi connectivity index (χ1) is 7.60. The van der Waals surface area contributed by atoms with Crippen molar-refractivity contribution in [1.82, 2.24) is 4.90 Å². The maximum Gasteiger partial charge on any atom is 0.148 e. The van der Waals surface area contributed by atoms with Gasteiger partial charge in [0, 0.05) is 24.9 Å². The molecule has 0 saturated heterocycles. The van der Waals surface area contributed by atoms with E-state index in [4.69, 9.17) is 5.73 Å². The third-order valence-electron chi connectivity index (χ3n) is 3.42. The summed E-state index contributed by atoms with van der Waals surface area (Å²) in [7, 11) is -0.945. The zero-order valence-electron chi connectivity index (χ0n) is 11.9. The van der Waals surface area contributed by atoms with Gasteiger partial charge in [-0.3, -0.25) is 4.90 Å². The molecule has 104 valence electrons. The van der Waals surface area contributed by atoms with E-state index in [9.17, 15) is 8.42 Å². The molecule has 0 aliphatic carbocycles. The van der Waals surface area contributed by atoms with Crippen molar-refractivity contribution >= 4 is 9.84 Å². The van der Waals surface area contributed by atoms with Crippen LogP contribution in [0, 0.1) is 5.92 Å². The average Bonchev–Trinajstić information content (AvgIpc) is 2.21. The fourth-order valence-electron chi connectivity index (χ4n) is 1.62.